The van der Waals surface area contributed by atoms with Crippen LogP contribution < -0.4 is 0 Å². The molecule has 0 bridgehead atoms. The van der Waals surface area contributed by atoms with Gasteiger partial charge in [-0.2, -0.15) is 0 Å². The number of hydrogen-bond acceptors (Lipinski definition) is 3. The van der Waals surface area contributed by atoms with Gasteiger partial charge in [0.2, 0.25) is 5.91 Å². The molecule has 1 unspecified atom stereocenters. The summed E-state index contributed by atoms with van der Waals surface area (Å²) in [6, 6.07) is 0. The van der Waals surface area contributed by atoms with E-state index < -0.39 is 0 Å². The molecule has 0 spiro atoms. The van der Waals surface area contributed by atoms with Crippen LogP contribution in [-0.2, 0) is 14.3 Å². The first kappa shape index (κ1) is 14.2. The Hall–Kier alpha value is -0.870. The van der Waals surface area contributed by atoms with E-state index >= 15 is 0 Å². The smallest absolute Gasteiger partial charge is 0.226 e. The fourth-order valence-electron chi connectivity index (χ4n) is 2.01. The summed E-state index contributed by atoms with van der Waals surface area (Å²) in [5.41, 5.74) is 0. The van der Waals surface area contributed by atoms with Crippen LogP contribution in [0.2, 0.25) is 0 Å². The van der Waals surface area contributed by atoms with E-state index in [0.717, 1.165) is 19.3 Å². The first-order valence-corrected chi connectivity index (χ1v) is 6.21. The van der Waals surface area contributed by atoms with Gasteiger partial charge in [-0.3, -0.25) is 4.79 Å². The Morgan fingerprint density at radius 1 is 1.24 bits per heavy atom. The summed E-state index contributed by atoms with van der Waals surface area (Å²) in [4.78, 5) is 14.1. The van der Waals surface area contributed by atoms with E-state index in [4.69, 9.17) is 9.47 Å². The van der Waals surface area contributed by atoms with Crippen LogP contribution in [0.4, 0.5) is 0 Å². The quantitative estimate of drug-likeness (QED) is 0.633. The SMILES string of the molecule is COCCN(CCOC)C(=O)C1CC=CCC1. The van der Waals surface area contributed by atoms with Crippen LogP contribution in [0.1, 0.15) is 19.3 Å². The molecule has 98 valence electrons. The van der Waals surface area contributed by atoms with Gasteiger partial charge in [0.05, 0.1) is 13.2 Å². The molecule has 1 aliphatic rings. The second kappa shape index (κ2) is 8.25. The largest absolute Gasteiger partial charge is 0.383 e. The van der Waals surface area contributed by atoms with Gasteiger partial charge in [0, 0.05) is 33.2 Å². The van der Waals surface area contributed by atoms with Gasteiger partial charge in [-0.15, -0.1) is 0 Å². The summed E-state index contributed by atoms with van der Waals surface area (Å²) in [5.74, 6) is 0.386. The minimum atomic E-state index is 0.147. The number of allylic oxidation sites excluding steroid dienone is 2. The molecule has 0 aromatic heterocycles. The van der Waals surface area contributed by atoms with Crippen molar-refractivity contribution >= 4 is 5.91 Å². The summed E-state index contributed by atoms with van der Waals surface area (Å²) in [6.45, 7) is 2.47. The Morgan fingerprint density at radius 3 is 2.35 bits per heavy atom. The molecular weight excluding hydrogens is 218 g/mol. The standard InChI is InChI=1S/C13H23NO3/c1-16-10-8-14(9-11-17-2)13(15)12-6-4-3-5-7-12/h3-4,12H,5-11H2,1-2H3. The minimum Gasteiger partial charge on any atom is -0.383 e. The molecule has 17 heavy (non-hydrogen) atoms. The monoisotopic (exact) mass is 241 g/mol. The van der Waals surface area contributed by atoms with Crippen LogP contribution in [0.15, 0.2) is 12.2 Å². The Balaban J connectivity index is 2.47. The van der Waals surface area contributed by atoms with Gasteiger partial charge in [-0.05, 0) is 19.3 Å². The molecule has 0 aromatic carbocycles. The van der Waals surface area contributed by atoms with Crippen molar-refractivity contribution in [3.63, 3.8) is 0 Å². The highest BCUT2D eigenvalue weighted by molar-refractivity contribution is 5.79. The highest BCUT2D eigenvalue weighted by Crippen LogP contribution is 2.20. The summed E-state index contributed by atoms with van der Waals surface area (Å²) < 4.78 is 10.1. The van der Waals surface area contributed by atoms with Crippen molar-refractivity contribution in [2.75, 3.05) is 40.5 Å². The van der Waals surface area contributed by atoms with Gasteiger partial charge >= 0.3 is 0 Å². The first-order chi connectivity index (χ1) is 8.29. The van der Waals surface area contributed by atoms with Gasteiger partial charge < -0.3 is 14.4 Å². The lowest BCUT2D eigenvalue weighted by Gasteiger charge is -2.27. The van der Waals surface area contributed by atoms with Crippen LogP contribution >= 0.6 is 0 Å². The second-order valence-corrected chi connectivity index (χ2v) is 4.29. The van der Waals surface area contributed by atoms with Crippen molar-refractivity contribution < 1.29 is 14.3 Å². The summed E-state index contributed by atoms with van der Waals surface area (Å²) in [5, 5.41) is 0. The topological polar surface area (TPSA) is 38.8 Å². The van der Waals surface area contributed by atoms with Crippen LogP contribution in [0.3, 0.4) is 0 Å². The molecule has 0 saturated heterocycles. The molecular formula is C13H23NO3. The molecule has 1 amide bonds. The zero-order chi connectivity index (χ0) is 12.5. The van der Waals surface area contributed by atoms with E-state index in [9.17, 15) is 4.79 Å². The van der Waals surface area contributed by atoms with Crippen molar-refractivity contribution in [1.29, 1.82) is 0 Å². The Kier molecular flexibility index (Phi) is 6.89. The van der Waals surface area contributed by atoms with Gasteiger partial charge in [0.25, 0.3) is 0 Å². The number of carbonyl (C=O) groups excluding carboxylic acids is 1. The van der Waals surface area contributed by atoms with E-state index in [2.05, 4.69) is 12.2 Å². The molecule has 1 rings (SSSR count). The molecule has 0 saturated carbocycles. The molecule has 4 heteroatoms. The van der Waals surface area contributed by atoms with Crippen molar-refractivity contribution in [2.24, 2.45) is 5.92 Å². The number of methoxy groups -OCH3 is 2. The molecule has 0 aromatic rings. The Labute approximate surface area is 104 Å². The lowest BCUT2D eigenvalue weighted by molar-refractivity contribution is -0.137. The normalized spacial score (nSPS) is 19.3. The maximum absolute atomic E-state index is 12.3. The number of ether oxygens (including phenoxy) is 2. The van der Waals surface area contributed by atoms with E-state index in [1.54, 1.807) is 14.2 Å². The molecule has 1 atom stereocenters. The summed E-state index contributed by atoms with van der Waals surface area (Å²) in [6.07, 6.45) is 7.11. The van der Waals surface area contributed by atoms with E-state index in [-0.39, 0.29) is 11.8 Å². The lowest BCUT2D eigenvalue weighted by Crippen LogP contribution is -2.40. The molecule has 4 nitrogen and oxygen atoms in total. The van der Waals surface area contributed by atoms with Gasteiger partial charge in [-0.25, -0.2) is 0 Å². The predicted molar refractivity (Wildman–Crippen MR) is 66.8 cm³/mol. The fourth-order valence-corrected chi connectivity index (χ4v) is 2.01. The third-order valence-corrected chi connectivity index (χ3v) is 3.06. The Bertz CT molecular complexity index is 245. The maximum Gasteiger partial charge on any atom is 0.226 e. The predicted octanol–water partition coefficient (Wildman–Crippen LogP) is 1.46. The van der Waals surface area contributed by atoms with E-state index in [1.807, 2.05) is 4.90 Å². The molecule has 1 aliphatic carbocycles. The van der Waals surface area contributed by atoms with Gasteiger partial charge in [0.15, 0.2) is 0 Å². The van der Waals surface area contributed by atoms with E-state index in [0.29, 0.717) is 26.3 Å². The van der Waals surface area contributed by atoms with E-state index in [1.165, 1.54) is 0 Å². The molecule has 0 fully saturated rings. The zero-order valence-corrected chi connectivity index (χ0v) is 10.9. The van der Waals surface area contributed by atoms with Crippen LogP contribution in [-0.4, -0.2) is 51.3 Å². The number of carbonyl (C=O) groups is 1. The van der Waals surface area contributed by atoms with Crippen molar-refractivity contribution in [3.05, 3.63) is 12.2 Å². The lowest BCUT2D eigenvalue weighted by atomic mass is 9.93. The average molecular weight is 241 g/mol. The first-order valence-electron chi connectivity index (χ1n) is 6.21. The number of rotatable bonds is 7. The molecule has 0 N–H and O–H groups in total. The third kappa shape index (κ3) is 4.88. The highest BCUT2D eigenvalue weighted by Gasteiger charge is 2.23. The second-order valence-electron chi connectivity index (χ2n) is 4.29. The number of amides is 1. The van der Waals surface area contributed by atoms with Crippen LogP contribution in [0.5, 0.6) is 0 Å². The summed E-state index contributed by atoms with van der Waals surface area (Å²) >= 11 is 0. The van der Waals surface area contributed by atoms with Crippen molar-refractivity contribution in [3.8, 4) is 0 Å². The number of nitrogens with zero attached hydrogens (tertiary/aromatic N) is 1. The third-order valence-electron chi connectivity index (χ3n) is 3.06. The number of hydrogen-bond donors (Lipinski definition) is 0. The summed E-state index contributed by atoms with van der Waals surface area (Å²) in [7, 11) is 3.31. The van der Waals surface area contributed by atoms with Gasteiger partial charge in [0.1, 0.15) is 0 Å². The van der Waals surface area contributed by atoms with Crippen LogP contribution in [0.25, 0.3) is 0 Å². The highest BCUT2D eigenvalue weighted by atomic mass is 16.5. The average Bonchev–Trinajstić information content (AvgIpc) is 2.39. The fraction of sp³-hybridized carbons (Fsp3) is 0.769. The van der Waals surface area contributed by atoms with Crippen LogP contribution in [0, 0.1) is 5.92 Å². The maximum atomic E-state index is 12.3. The van der Waals surface area contributed by atoms with Gasteiger partial charge in [-0.1, -0.05) is 12.2 Å². The molecule has 0 aliphatic heterocycles. The molecule has 0 heterocycles. The zero-order valence-electron chi connectivity index (χ0n) is 10.9. The van der Waals surface area contributed by atoms with Crippen molar-refractivity contribution in [2.45, 2.75) is 19.3 Å². The Morgan fingerprint density at radius 2 is 1.88 bits per heavy atom. The molecule has 0 radical (unpaired) electrons. The minimum absolute atomic E-state index is 0.147. The van der Waals surface area contributed by atoms with Crippen molar-refractivity contribution in [1.82, 2.24) is 4.90 Å².